The summed E-state index contributed by atoms with van der Waals surface area (Å²) in [4.78, 5) is 22.1. The molecule has 3 fully saturated rings. The number of aromatic nitrogens is 2. The zero-order valence-electron chi connectivity index (χ0n) is 20.7. The number of carbonyl (C=O) groups excluding carboxylic acids is 1. The average Bonchev–Trinajstić information content (AvgIpc) is 3.36. The predicted octanol–water partition coefficient (Wildman–Crippen LogP) is 6.38. The molecule has 7 atom stereocenters. The Morgan fingerprint density at radius 3 is 2.69 bits per heavy atom. The number of nitrogens with zero attached hydrogens (tertiary/aromatic N) is 2. The summed E-state index contributed by atoms with van der Waals surface area (Å²) in [5.41, 5.74) is 0.692. The van der Waals surface area contributed by atoms with Crippen LogP contribution >= 0.6 is 0 Å². The Morgan fingerprint density at radius 2 is 1.91 bits per heavy atom. The van der Waals surface area contributed by atoms with Crippen molar-refractivity contribution in [2.75, 3.05) is 7.05 Å². The Kier molecular flexibility index (Phi) is 5.01. The third-order valence-electron chi connectivity index (χ3n) is 10.6. The second-order valence-corrected chi connectivity index (χ2v) is 12.1. The molecule has 3 saturated carbocycles. The summed E-state index contributed by atoms with van der Waals surface area (Å²) in [6.07, 6.45) is 7.36. The van der Waals surface area contributed by atoms with E-state index < -0.39 is 11.7 Å². The lowest BCUT2D eigenvalue weighted by Gasteiger charge is -2.60. The SMILES string of the molecule is CN1C(=O)C=C[C@@]2(C)C1CC[C@@H]1[C@H]2CC[C@]2(C)C(Cc3nc4ccc(C(F)(F)F)cc4[nH]3)CC[C@@H]12. The first-order valence-corrected chi connectivity index (χ1v) is 13.0. The molecule has 0 saturated heterocycles. The van der Waals surface area contributed by atoms with E-state index in [1.54, 1.807) is 6.08 Å². The van der Waals surface area contributed by atoms with Crippen LogP contribution in [0.4, 0.5) is 13.2 Å². The lowest BCUT2D eigenvalue weighted by atomic mass is 9.47. The van der Waals surface area contributed by atoms with Gasteiger partial charge in [-0.1, -0.05) is 19.9 Å². The van der Waals surface area contributed by atoms with Gasteiger partial charge in [0, 0.05) is 24.9 Å². The molecule has 1 aromatic heterocycles. The summed E-state index contributed by atoms with van der Waals surface area (Å²) in [5, 5.41) is 0. The van der Waals surface area contributed by atoms with Gasteiger partial charge in [-0.2, -0.15) is 13.2 Å². The number of alkyl halides is 3. The van der Waals surface area contributed by atoms with E-state index in [1.807, 2.05) is 11.9 Å². The van der Waals surface area contributed by atoms with Gasteiger partial charge in [-0.15, -0.1) is 0 Å². The van der Waals surface area contributed by atoms with Crippen LogP contribution in [0.1, 0.15) is 63.8 Å². The second-order valence-electron chi connectivity index (χ2n) is 12.1. The first kappa shape index (κ1) is 23.1. The van der Waals surface area contributed by atoms with Crippen molar-refractivity contribution in [3.05, 3.63) is 41.7 Å². The van der Waals surface area contributed by atoms with Crippen LogP contribution in [0.25, 0.3) is 11.0 Å². The zero-order chi connectivity index (χ0) is 24.8. The summed E-state index contributed by atoms with van der Waals surface area (Å²) in [6, 6.07) is 4.05. The molecule has 3 aliphatic carbocycles. The molecule has 0 bridgehead atoms. The number of amides is 1. The number of nitrogens with one attached hydrogen (secondary N) is 1. The van der Waals surface area contributed by atoms with E-state index in [0.717, 1.165) is 37.6 Å². The van der Waals surface area contributed by atoms with Crippen LogP contribution in [-0.4, -0.2) is 33.9 Å². The molecule has 1 amide bonds. The average molecular weight is 486 g/mol. The highest BCUT2D eigenvalue weighted by molar-refractivity contribution is 5.89. The normalized spacial score (nSPS) is 39.0. The maximum atomic E-state index is 13.1. The zero-order valence-corrected chi connectivity index (χ0v) is 20.7. The molecule has 6 rings (SSSR count). The molecule has 2 heterocycles. The lowest BCUT2D eigenvalue weighted by Crippen LogP contribution is -2.59. The Hall–Kier alpha value is -2.31. The number of benzene rings is 1. The third-order valence-corrected chi connectivity index (χ3v) is 10.6. The van der Waals surface area contributed by atoms with E-state index in [2.05, 4.69) is 29.9 Å². The lowest BCUT2D eigenvalue weighted by molar-refractivity contribution is -0.139. The fraction of sp³-hybridized carbons (Fsp3) is 0.643. The largest absolute Gasteiger partial charge is 0.416 e. The molecule has 1 N–H and O–H groups in total. The van der Waals surface area contributed by atoms with Crippen LogP contribution in [0.2, 0.25) is 0 Å². The fourth-order valence-corrected chi connectivity index (χ4v) is 8.75. The van der Waals surface area contributed by atoms with Crippen LogP contribution in [0.3, 0.4) is 0 Å². The molecule has 7 heteroatoms. The van der Waals surface area contributed by atoms with Gasteiger partial charge < -0.3 is 9.88 Å². The van der Waals surface area contributed by atoms with E-state index in [-0.39, 0.29) is 16.7 Å². The Labute approximate surface area is 204 Å². The summed E-state index contributed by atoms with van der Waals surface area (Å²) in [6.45, 7) is 4.82. The summed E-state index contributed by atoms with van der Waals surface area (Å²) < 4.78 is 39.4. The van der Waals surface area contributed by atoms with Crippen molar-refractivity contribution in [1.29, 1.82) is 0 Å². The van der Waals surface area contributed by atoms with Crippen molar-refractivity contribution >= 4 is 16.9 Å². The van der Waals surface area contributed by atoms with Crippen LogP contribution in [0.5, 0.6) is 0 Å². The molecular weight excluding hydrogens is 451 g/mol. The van der Waals surface area contributed by atoms with Gasteiger partial charge in [0.05, 0.1) is 16.6 Å². The third kappa shape index (κ3) is 3.40. The molecule has 188 valence electrons. The van der Waals surface area contributed by atoms with Crippen molar-refractivity contribution < 1.29 is 18.0 Å². The summed E-state index contributed by atoms with van der Waals surface area (Å²) in [7, 11) is 1.96. The van der Waals surface area contributed by atoms with Crippen molar-refractivity contribution in [2.24, 2.45) is 34.5 Å². The van der Waals surface area contributed by atoms with E-state index in [4.69, 9.17) is 0 Å². The Bertz CT molecular complexity index is 1200. The number of halogens is 3. The van der Waals surface area contributed by atoms with Crippen molar-refractivity contribution in [3.63, 3.8) is 0 Å². The molecule has 2 aromatic rings. The first-order chi connectivity index (χ1) is 16.5. The van der Waals surface area contributed by atoms with E-state index in [9.17, 15) is 18.0 Å². The number of fused-ring (bicyclic) bond motifs is 6. The topological polar surface area (TPSA) is 49.0 Å². The number of likely N-dealkylation sites (N-methyl/N-ethyl adjacent to an activating group) is 1. The number of carbonyl (C=O) groups is 1. The number of rotatable bonds is 2. The predicted molar refractivity (Wildman–Crippen MR) is 128 cm³/mol. The Morgan fingerprint density at radius 1 is 1.11 bits per heavy atom. The van der Waals surface area contributed by atoms with Gasteiger partial charge in [-0.3, -0.25) is 4.79 Å². The highest BCUT2D eigenvalue weighted by atomic mass is 19.4. The summed E-state index contributed by atoms with van der Waals surface area (Å²) in [5.74, 6) is 3.32. The van der Waals surface area contributed by atoms with Crippen molar-refractivity contribution in [2.45, 2.75) is 71.0 Å². The number of H-pyrrole nitrogens is 1. The molecule has 0 radical (unpaired) electrons. The van der Waals surface area contributed by atoms with Crippen LogP contribution < -0.4 is 0 Å². The minimum absolute atomic E-state index is 0.0416. The quantitative estimate of drug-likeness (QED) is 0.537. The second kappa shape index (κ2) is 7.59. The van der Waals surface area contributed by atoms with Gasteiger partial charge in [0.1, 0.15) is 5.82 Å². The number of aromatic amines is 1. The molecule has 0 spiro atoms. The van der Waals surface area contributed by atoms with Crippen LogP contribution in [0, 0.1) is 34.5 Å². The van der Waals surface area contributed by atoms with Gasteiger partial charge in [0.25, 0.3) is 0 Å². The number of imidazole rings is 1. The minimum Gasteiger partial charge on any atom is -0.342 e. The van der Waals surface area contributed by atoms with E-state index in [0.29, 0.717) is 40.7 Å². The highest BCUT2D eigenvalue weighted by Gasteiger charge is 2.60. The first-order valence-electron chi connectivity index (χ1n) is 13.0. The van der Waals surface area contributed by atoms with Crippen molar-refractivity contribution in [3.8, 4) is 0 Å². The van der Waals surface area contributed by atoms with Crippen molar-refractivity contribution in [1.82, 2.24) is 14.9 Å². The van der Waals surface area contributed by atoms with Crippen LogP contribution in [-0.2, 0) is 17.4 Å². The number of hydrogen-bond acceptors (Lipinski definition) is 2. The minimum atomic E-state index is -4.35. The van der Waals surface area contributed by atoms with Crippen LogP contribution in [0.15, 0.2) is 30.4 Å². The molecule has 2 unspecified atom stereocenters. The molecule has 1 aliphatic heterocycles. The molecule has 4 nitrogen and oxygen atoms in total. The molecule has 1 aromatic carbocycles. The van der Waals surface area contributed by atoms with E-state index in [1.165, 1.54) is 31.4 Å². The van der Waals surface area contributed by atoms with Gasteiger partial charge in [0.15, 0.2) is 0 Å². The van der Waals surface area contributed by atoms with Gasteiger partial charge in [-0.05, 0) is 91.9 Å². The van der Waals surface area contributed by atoms with E-state index >= 15 is 0 Å². The Balaban J connectivity index is 1.24. The monoisotopic (exact) mass is 485 g/mol. The smallest absolute Gasteiger partial charge is 0.342 e. The number of hydrogen-bond donors (Lipinski definition) is 1. The molecular formula is C28H34F3N3O. The maximum absolute atomic E-state index is 13.1. The fourth-order valence-electron chi connectivity index (χ4n) is 8.75. The van der Waals surface area contributed by atoms with Gasteiger partial charge >= 0.3 is 6.18 Å². The molecule has 4 aliphatic rings. The highest BCUT2D eigenvalue weighted by Crippen LogP contribution is 2.65. The standard InChI is InChI=1S/C28H34F3N3O/c1-26-12-10-20-18(6-9-23-27(20,2)13-11-25(35)34(23)3)19(26)7-4-16(26)15-24-32-21-8-5-17(28(29,30)31)14-22(21)33-24/h5,8,11,13-14,16,18-20,23H,4,6-7,9-10,12,15H2,1-3H3,(H,32,33)/t16?,18-,19-,20+,23?,26+,27+/m0/s1. The maximum Gasteiger partial charge on any atom is 0.416 e. The van der Waals surface area contributed by atoms with Gasteiger partial charge in [-0.25, -0.2) is 4.98 Å². The summed E-state index contributed by atoms with van der Waals surface area (Å²) >= 11 is 0. The molecule has 35 heavy (non-hydrogen) atoms. The van der Waals surface area contributed by atoms with Gasteiger partial charge in [0.2, 0.25) is 5.91 Å².